The third-order valence-corrected chi connectivity index (χ3v) is 3.66. The monoisotopic (exact) mass is 263 g/mol. The minimum atomic E-state index is 0.223. The number of hydrogen-bond donors (Lipinski definition) is 0. The van der Waals surface area contributed by atoms with Crippen LogP contribution in [-0.2, 0) is 16.6 Å². The molecule has 0 aliphatic heterocycles. The molecular weight excluding hydrogens is 234 g/mol. The van der Waals surface area contributed by atoms with Crippen LogP contribution in [0.1, 0.15) is 43.0 Å². The van der Waals surface area contributed by atoms with E-state index < -0.39 is 0 Å². The van der Waals surface area contributed by atoms with E-state index in [1.165, 1.54) is 22.3 Å². The maximum atomic E-state index is 5.14. The summed E-state index contributed by atoms with van der Waals surface area (Å²) >= 11 is 0. The van der Waals surface area contributed by atoms with Gasteiger partial charge in [-0.05, 0) is 55.0 Å². The maximum absolute atomic E-state index is 5.14. The number of benzene rings is 1. The molecule has 0 spiro atoms. The first kappa shape index (κ1) is 16.2. The lowest BCUT2D eigenvalue weighted by Gasteiger charge is -2.23. The molecule has 1 aromatic carbocycles. The van der Waals surface area contributed by atoms with Gasteiger partial charge >= 0.3 is 0 Å². The predicted molar refractivity (Wildman–Crippen MR) is 82.8 cm³/mol. The molecule has 0 aliphatic rings. The molecule has 108 valence electrons. The summed E-state index contributed by atoms with van der Waals surface area (Å²) in [6.07, 6.45) is 1.09. The fraction of sp³-hybridized carbons (Fsp3) is 0.647. The van der Waals surface area contributed by atoms with Crippen LogP contribution in [-0.4, -0.2) is 32.3 Å². The van der Waals surface area contributed by atoms with Crippen molar-refractivity contribution in [3.05, 3.63) is 34.4 Å². The highest BCUT2D eigenvalue weighted by Crippen LogP contribution is 2.27. The van der Waals surface area contributed by atoms with E-state index >= 15 is 0 Å². The Morgan fingerprint density at radius 1 is 1.11 bits per heavy atom. The van der Waals surface area contributed by atoms with Gasteiger partial charge in [0, 0.05) is 13.7 Å². The minimum absolute atomic E-state index is 0.223. The second-order valence-corrected chi connectivity index (χ2v) is 6.59. The molecule has 0 amide bonds. The summed E-state index contributed by atoms with van der Waals surface area (Å²) in [6, 6.07) is 4.69. The summed E-state index contributed by atoms with van der Waals surface area (Å²) in [4.78, 5) is 2.20. The molecule has 0 aliphatic carbocycles. The molecule has 0 bridgehead atoms. The molecule has 2 nitrogen and oxygen atoms in total. The van der Waals surface area contributed by atoms with Crippen LogP contribution in [0.4, 0.5) is 0 Å². The molecule has 19 heavy (non-hydrogen) atoms. The predicted octanol–water partition coefficient (Wildman–Crippen LogP) is 3.68. The highest BCUT2D eigenvalue weighted by Gasteiger charge is 2.16. The number of likely N-dealkylation sites (N-methyl/N-ethyl adjacent to an activating group) is 1. The van der Waals surface area contributed by atoms with E-state index in [2.05, 4.69) is 58.7 Å². The molecule has 0 aromatic heterocycles. The molecule has 0 saturated heterocycles. The summed E-state index contributed by atoms with van der Waals surface area (Å²) in [5, 5.41) is 0. The number of methoxy groups -OCH3 is 1. The molecule has 0 N–H and O–H groups in total. The summed E-state index contributed by atoms with van der Waals surface area (Å²) in [5.74, 6) is 0. The van der Waals surface area contributed by atoms with E-state index in [0.717, 1.165) is 13.0 Å². The smallest absolute Gasteiger partial charge is 0.0984 e. The molecular formula is C17H29NO. The molecule has 1 rings (SSSR count). The molecule has 0 radical (unpaired) electrons. The van der Waals surface area contributed by atoms with Gasteiger partial charge < -0.3 is 4.74 Å². The van der Waals surface area contributed by atoms with Crippen LogP contribution in [0.25, 0.3) is 0 Å². The van der Waals surface area contributed by atoms with Crippen LogP contribution < -0.4 is 0 Å². The number of hydrogen-bond acceptors (Lipinski definition) is 2. The third kappa shape index (κ3) is 4.63. The van der Waals surface area contributed by atoms with Crippen LogP contribution in [0.5, 0.6) is 0 Å². The number of nitrogens with zero attached hydrogens (tertiary/aromatic N) is 1. The summed E-state index contributed by atoms with van der Waals surface area (Å²) < 4.78 is 5.14. The van der Waals surface area contributed by atoms with Gasteiger partial charge in [-0.3, -0.25) is 4.90 Å². The maximum Gasteiger partial charge on any atom is 0.0984 e. The average Bonchev–Trinajstić information content (AvgIpc) is 2.26. The minimum Gasteiger partial charge on any atom is -0.369 e. The van der Waals surface area contributed by atoms with Crippen LogP contribution in [0, 0.1) is 13.8 Å². The Labute approximate surface area is 118 Å². The van der Waals surface area contributed by atoms with Gasteiger partial charge in [-0.25, -0.2) is 0 Å². The first-order valence-electron chi connectivity index (χ1n) is 7.03. The molecule has 2 heteroatoms. The molecule has 0 unspecified atom stereocenters. The summed E-state index contributed by atoms with van der Waals surface area (Å²) in [6.45, 7) is 13.0. The van der Waals surface area contributed by atoms with E-state index in [1.807, 2.05) is 0 Å². The lowest BCUT2D eigenvalue weighted by atomic mass is 9.83. The molecule has 1 aromatic rings. The highest BCUT2D eigenvalue weighted by molar-refractivity contribution is 5.40. The van der Waals surface area contributed by atoms with Gasteiger partial charge in [0.15, 0.2) is 0 Å². The van der Waals surface area contributed by atoms with Crippen molar-refractivity contribution in [2.75, 3.05) is 27.4 Å². The number of aryl methyl sites for hydroxylation is 2. The number of rotatable bonds is 5. The van der Waals surface area contributed by atoms with Crippen molar-refractivity contribution in [1.82, 2.24) is 4.90 Å². The normalized spacial score (nSPS) is 12.2. The second-order valence-electron chi connectivity index (χ2n) is 6.59. The zero-order chi connectivity index (χ0) is 14.6. The molecule has 0 atom stereocenters. The zero-order valence-electron chi connectivity index (χ0n) is 13.6. The fourth-order valence-corrected chi connectivity index (χ4v) is 2.41. The van der Waals surface area contributed by atoms with Gasteiger partial charge in [-0.1, -0.05) is 32.9 Å². The van der Waals surface area contributed by atoms with Crippen molar-refractivity contribution in [2.45, 2.75) is 46.5 Å². The second kappa shape index (κ2) is 6.53. The largest absolute Gasteiger partial charge is 0.369 e. The third-order valence-electron chi connectivity index (χ3n) is 3.66. The lowest BCUT2D eigenvalue weighted by Crippen LogP contribution is -2.24. The summed E-state index contributed by atoms with van der Waals surface area (Å²) in [7, 11) is 3.84. The first-order valence-corrected chi connectivity index (χ1v) is 7.03. The zero-order valence-corrected chi connectivity index (χ0v) is 13.6. The van der Waals surface area contributed by atoms with E-state index in [1.54, 1.807) is 7.11 Å². The molecule has 0 heterocycles. The van der Waals surface area contributed by atoms with Crippen molar-refractivity contribution in [3.63, 3.8) is 0 Å². The van der Waals surface area contributed by atoms with E-state index in [9.17, 15) is 0 Å². The fourth-order valence-electron chi connectivity index (χ4n) is 2.41. The quantitative estimate of drug-likeness (QED) is 0.751. The van der Waals surface area contributed by atoms with E-state index in [0.29, 0.717) is 6.73 Å². The Balaban J connectivity index is 2.86. The van der Waals surface area contributed by atoms with Crippen molar-refractivity contribution >= 4 is 0 Å². The van der Waals surface area contributed by atoms with Crippen molar-refractivity contribution in [2.24, 2.45) is 0 Å². The van der Waals surface area contributed by atoms with E-state index in [-0.39, 0.29) is 5.41 Å². The Morgan fingerprint density at radius 2 is 1.63 bits per heavy atom. The van der Waals surface area contributed by atoms with Gasteiger partial charge in [-0.2, -0.15) is 0 Å². The Morgan fingerprint density at radius 3 is 2.05 bits per heavy atom. The van der Waals surface area contributed by atoms with Gasteiger partial charge in [0.05, 0.1) is 6.73 Å². The Bertz CT molecular complexity index is 395. The first-order chi connectivity index (χ1) is 8.75. The number of ether oxygens (including phenoxy) is 1. The van der Waals surface area contributed by atoms with Crippen LogP contribution in [0.15, 0.2) is 12.1 Å². The van der Waals surface area contributed by atoms with E-state index in [4.69, 9.17) is 4.74 Å². The highest BCUT2D eigenvalue weighted by atomic mass is 16.5. The van der Waals surface area contributed by atoms with Gasteiger partial charge in [0.25, 0.3) is 0 Å². The molecule has 0 fully saturated rings. The van der Waals surface area contributed by atoms with Gasteiger partial charge in [0.1, 0.15) is 0 Å². The van der Waals surface area contributed by atoms with Crippen LogP contribution in [0.2, 0.25) is 0 Å². The van der Waals surface area contributed by atoms with Gasteiger partial charge in [0.2, 0.25) is 0 Å². The standard InChI is InChI=1S/C17H29NO/c1-13-10-15(17(3,4)5)11-14(2)16(13)8-9-18(6)12-19-7/h10-11H,8-9,12H2,1-7H3. The topological polar surface area (TPSA) is 12.5 Å². The Hall–Kier alpha value is -0.860. The summed E-state index contributed by atoms with van der Waals surface area (Å²) in [5.41, 5.74) is 5.96. The molecule has 0 saturated carbocycles. The lowest BCUT2D eigenvalue weighted by molar-refractivity contribution is 0.0827. The van der Waals surface area contributed by atoms with Gasteiger partial charge in [-0.15, -0.1) is 0 Å². The van der Waals surface area contributed by atoms with Crippen molar-refractivity contribution < 1.29 is 4.74 Å². The van der Waals surface area contributed by atoms with Crippen molar-refractivity contribution in [1.29, 1.82) is 0 Å². The average molecular weight is 263 g/mol. The van der Waals surface area contributed by atoms with Crippen LogP contribution >= 0.6 is 0 Å². The SMILES string of the molecule is COCN(C)CCc1c(C)cc(C(C)(C)C)cc1C. The van der Waals surface area contributed by atoms with Crippen molar-refractivity contribution in [3.8, 4) is 0 Å². The van der Waals surface area contributed by atoms with Crippen LogP contribution in [0.3, 0.4) is 0 Å². The Kier molecular flexibility index (Phi) is 5.57.